The van der Waals surface area contributed by atoms with E-state index in [4.69, 9.17) is 10.5 Å². The fraction of sp³-hybridized carbons (Fsp3) is 0.154. The highest BCUT2D eigenvalue weighted by Crippen LogP contribution is 2.32. The van der Waals surface area contributed by atoms with Gasteiger partial charge in [-0.25, -0.2) is 9.97 Å². The molecule has 3 heterocycles. The van der Waals surface area contributed by atoms with Crippen molar-refractivity contribution in [3.05, 3.63) is 82.8 Å². The number of benzene rings is 2. The summed E-state index contributed by atoms with van der Waals surface area (Å²) in [5, 5.41) is 6.86. The first kappa shape index (κ1) is 21.8. The fourth-order valence-corrected chi connectivity index (χ4v) is 4.96. The van der Waals surface area contributed by atoms with Crippen LogP contribution in [0.5, 0.6) is 5.75 Å². The van der Waals surface area contributed by atoms with Gasteiger partial charge in [0.15, 0.2) is 0 Å². The van der Waals surface area contributed by atoms with Crippen LogP contribution in [0.2, 0.25) is 0 Å². The number of pyridine rings is 1. The average molecular weight is 470 g/mol. The minimum atomic E-state index is -0.225. The zero-order chi connectivity index (χ0) is 23.7. The summed E-state index contributed by atoms with van der Waals surface area (Å²) in [6, 6.07) is 14.1. The highest BCUT2D eigenvalue weighted by Gasteiger charge is 2.18. The summed E-state index contributed by atoms with van der Waals surface area (Å²) in [6.07, 6.45) is 4.82. The van der Waals surface area contributed by atoms with Crippen molar-refractivity contribution in [1.29, 1.82) is 0 Å². The topological polar surface area (TPSA) is 103 Å². The van der Waals surface area contributed by atoms with E-state index in [9.17, 15) is 4.79 Å². The number of carbonyl (C=O) groups excluding carboxylic acids is 1. The van der Waals surface area contributed by atoms with Gasteiger partial charge in [0, 0.05) is 28.0 Å². The van der Waals surface area contributed by atoms with Gasteiger partial charge < -0.3 is 15.8 Å². The van der Waals surface area contributed by atoms with E-state index in [2.05, 4.69) is 38.5 Å². The van der Waals surface area contributed by atoms with Gasteiger partial charge in [-0.1, -0.05) is 24.3 Å². The molecule has 0 atom stereocenters. The molecule has 2 aromatic carbocycles. The van der Waals surface area contributed by atoms with Gasteiger partial charge >= 0.3 is 0 Å². The maximum absolute atomic E-state index is 13.2. The largest absolute Gasteiger partial charge is 0.497 e. The lowest BCUT2D eigenvalue weighted by atomic mass is 10.00. The van der Waals surface area contributed by atoms with E-state index in [1.54, 1.807) is 18.7 Å². The smallest absolute Gasteiger partial charge is 0.258 e. The van der Waals surface area contributed by atoms with Crippen molar-refractivity contribution >= 4 is 49.7 Å². The summed E-state index contributed by atoms with van der Waals surface area (Å²) in [4.78, 5) is 26.1. The number of carbonyl (C=O) groups is 1. The second kappa shape index (κ2) is 9.07. The minimum absolute atomic E-state index is 0.225. The van der Waals surface area contributed by atoms with E-state index in [0.29, 0.717) is 21.6 Å². The Morgan fingerprint density at radius 3 is 2.65 bits per heavy atom. The van der Waals surface area contributed by atoms with Crippen molar-refractivity contribution in [2.24, 2.45) is 0 Å². The number of thiophene rings is 1. The van der Waals surface area contributed by atoms with Crippen LogP contribution < -0.4 is 15.8 Å². The molecule has 0 aliphatic rings. The third-order valence-corrected chi connectivity index (χ3v) is 6.90. The van der Waals surface area contributed by atoms with E-state index in [1.807, 2.05) is 31.2 Å². The number of fused-ring (bicyclic) bond motifs is 2. The van der Waals surface area contributed by atoms with Crippen LogP contribution in [0.25, 0.3) is 21.0 Å². The molecule has 0 bridgehead atoms. The molecular formula is C26H23N5O2S. The van der Waals surface area contributed by atoms with E-state index in [-0.39, 0.29) is 5.91 Å². The molecule has 0 fully saturated rings. The van der Waals surface area contributed by atoms with Crippen molar-refractivity contribution in [2.45, 2.75) is 19.8 Å². The SMILES string of the molecule is COc1ccc(CCc2nccc3c(NC(=O)c4csc5c(N)ncnc45)c(C)ccc23)cc1. The Morgan fingerprint density at radius 1 is 1.03 bits per heavy atom. The second-order valence-corrected chi connectivity index (χ2v) is 8.88. The van der Waals surface area contributed by atoms with Crippen LogP contribution in [0.15, 0.2) is 60.4 Å². The molecule has 0 aliphatic carbocycles. The zero-order valence-electron chi connectivity index (χ0n) is 18.8. The molecule has 5 rings (SSSR count). The molecule has 170 valence electrons. The quantitative estimate of drug-likeness (QED) is 0.355. The van der Waals surface area contributed by atoms with Gasteiger partial charge in [-0.3, -0.25) is 9.78 Å². The molecule has 5 aromatic rings. The molecule has 7 nitrogen and oxygen atoms in total. The number of nitrogens with one attached hydrogen (secondary N) is 1. The Hall–Kier alpha value is -4.04. The summed E-state index contributed by atoms with van der Waals surface area (Å²) >= 11 is 1.37. The van der Waals surface area contributed by atoms with E-state index >= 15 is 0 Å². The average Bonchev–Trinajstić information content (AvgIpc) is 3.30. The fourth-order valence-electron chi connectivity index (χ4n) is 4.06. The van der Waals surface area contributed by atoms with Crippen LogP contribution in [0.4, 0.5) is 11.5 Å². The molecule has 0 radical (unpaired) electrons. The predicted molar refractivity (Wildman–Crippen MR) is 137 cm³/mol. The van der Waals surface area contributed by atoms with Crippen molar-refractivity contribution in [3.63, 3.8) is 0 Å². The summed E-state index contributed by atoms with van der Waals surface area (Å²) in [5.41, 5.74) is 10.9. The van der Waals surface area contributed by atoms with Crippen LogP contribution in [-0.4, -0.2) is 28.0 Å². The van der Waals surface area contributed by atoms with Crippen LogP contribution in [0, 0.1) is 6.92 Å². The number of nitrogens with zero attached hydrogens (tertiary/aromatic N) is 3. The molecule has 34 heavy (non-hydrogen) atoms. The van der Waals surface area contributed by atoms with Crippen LogP contribution in [0.3, 0.4) is 0 Å². The predicted octanol–water partition coefficient (Wildman–Crippen LogP) is 5.18. The Kier molecular flexibility index (Phi) is 5.81. The summed E-state index contributed by atoms with van der Waals surface area (Å²) in [7, 11) is 1.66. The lowest BCUT2D eigenvalue weighted by molar-refractivity contribution is 0.102. The minimum Gasteiger partial charge on any atom is -0.497 e. The first-order chi connectivity index (χ1) is 16.5. The van der Waals surface area contributed by atoms with Gasteiger partial charge in [-0.2, -0.15) is 0 Å². The molecule has 8 heteroatoms. The molecule has 1 amide bonds. The van der Waals surface area contributed by atoms with Gasteiger partial charge in [0.2, 0.25) is 0 Å². The number of amides is 1. The number of nitrogen functional groups attached to an aromatic ring is 1. The summed E-state index contributed by atoms with van der Waals surface area (Å²) in [6.45, 7) is 1.98. The van der Waals surface area contributed by atoms with Crippen molar-refractivity contribution in [3.8, 4) is 5.75 Å². The lowest BCUT2D eigenvalue weighted by Gasteiger charge is -2.14. The highest BCUT2D eigenvalue weighted by atomic mass is 32.1. The van der Waals surface area contributed by atoms with Crippen LogP contribution in [-0.2, 0) is 12.8 Å². The number of hydrogen-bond acceptors (Lipinski definition) is 7. The van der Waals surface area contributed by atoms with Gasteiger partial charge in [-0.15, -0.1) is 11.3 Å². The molecule has 0 saturated heterocycles. The zero-order valence-corrected chi connectivity index (χ0v) is 19.6. The number of rotatable bonds is 6. The van der Waals surface area contributed by atoms with Crippen LogP contribution >= 0.6 is 11.3 Å². The third-order valence-electron chi connectivity index (χ3n) is 5.91. The maximum atomic E-state index is 13.2. The van der Waals surface area contributed by atoms with Crippen molar-refractivity contribution in [2.75, 3.05) is 18.2 Å². The lowest BCUT2D eigenvalue weighted by Crippen LogP contribution is -2.13. The molecular weight excluding hydrogens is 446 g/mol. The first-order valence-corrected chi connectivity index (χ1v) is 11.7. The molecule has 3 N–H and O–H groups in total. The molecule has 0 aliphatic heterocycles. The van der Waals surface area contributed by atoms with Gasteiger partial charge in [-0.05, 0) is 49.1 Å². The monoisotopic (exact) mass is 469 g/mol. The van der Waals surface area contributed by atoms with Crippen molar-refractivity contribution in [1.82, 2.24) is 15.0 Å². The molecule has 0 spiro atoms. The Labute approximate surface area is 200 Å². The van der Waals surface area contributed by atoms with Gasteiger partial charge in [0.25, 0.3) is 5.91 Å². The number of nitrogens with two attached hydrogens (primary N) is 1. The first-order valence-electron chi connectivity index (χ1n) is 10.8. The number of methoxy groups -OCH3 is 1. The number of anilines is 2. The number of hydrogen-bond donors (Lipinski definition) is 2. The maximum Gasteiger partial charge on any atom is 0.258 e. The van der Waals surface area contributed by atoms with Gasteiger partial charge in [0.1, 0.15) is 17.9 Å². The molecule has 0 unspecified atom stereocenters. The molecule has 3 aromatic heterocycles. The van der Waals surface area contributed by atoms with E-state index in [0.717, 1.165) is 46.3 Å². The van der Waals surface area contributed by atoms with Crippen LogP contribution in [0.1, 0.15) is 27.2 Å². The van der Waals surface area contributed by atoms with E-state index in [1.165, 1.54) is 23.2 Å². The van der Waals surface area contributed by atoms with Crippen molar-refractivity contribution < 1.29 is 9.53 Å². The second-order valence-electron chi connectivity index (χ2n) is 8.00. The summed E-state index contributed by atoms with van der Waals surface area (Å²) < 4.78 is 5.96. The number of aromatic nitrogens is 3. The van der Waals surface area contributed by atoms with E-state index < -0.39 is 0 Å². The normalized spacial score (nSPS) is 11.1. The Balaban J connectivity index is 1.45. The Bertz CT molecular complexity index is 1510. The molecule has 0 saturated carbocycles. The number of aryl methyl sites for hydroxylation is 3. The Morgan fingerprint density at radius 2 is 1.85 bits per heavy atom. The standard InChI is InChI=1S/C26H23N5O2S/c1-15-3-9-18-19(11-12-28-21(18)10-6-16-4-7-17(33-2)8-5-16)22(15)31-26(32)20-13-34-24-23(20)29-14-30-25(24)27/h3-5,7-9,11-14H,6,10H2,1-2H3,(H,31,32)(H2,27,29,30). The summed E-state index contributed by atoms with van der Waals surface area (Å²) in [5.74, 6) is 0.995. The third kappa shape index (κ3) is 4.04. The van der Waals surface area contributed by atoms with Gasteiger partial charge in [0.05, 0.1) is 28.6 Å². The highest BCUT2D eigenvalue weighted by molar-refractivity contribution is 7.18. The number of ether oxygens (including phenoxy) is 1.